The van der Waals surface area contributed by atoms with Crippen LogP contribution in [0.2, 0.25) is 5.02 Å². The summed E-state index contributed by atoms with van der Waals surface area (Å²) >= 11 is 6.05. The Morgan fingerprint density at radius 3 is 2.44 bits per heavy atom. The molecule has 132 valence electrons. The number of carbonyl (C=O) groups is 1. The van der Waals surface area contributed by atoms with Crippen LogP contribution in [-0.2, 0) is 11.3 Å². The van der Waals surface area contributed by atoms with E-state index in [2.05, 4.69) is 5.32 Å². The molecule has 25 heavy (non-hydrogen) atoms. The van der Waals surface area contributed by atoms with Crippen LogP contribution in [0.25, 0.3) is 0 Å². The number of amides is 1. The molecule has 2 aromatic carbocycles. The number of anilines is 1. The number of nitrogens with one attached hydrogen (secondary N) is 1. The van der Waals surface area contributed by atoms with Crippen molar-refractivity contribution in [1.29, 1.82) is 0 Å². The largest absolute Gasteiger partial charge is 0.325 e. The molecule has 0 radical (unpaired) electrons. The van der Waals surface area contributed by atoms with Gasteiger partial charge in [-0.3, -0.25) is 9.69 Å². The summed E-state index contributed by atoms with van der Waals surface area (Å²) in [7, 11) is 0. The maximum absolute atomic E-state index is 14.0. The Kier molecular flexibility index (Phi) is 5.30. The number of benzene rings is 2. The van der Waals surface area contributed by atoms with Crippen molar-refractivity contribution in [3.63, 3.8) is 0 Å². The van der Waals surface area contributed by atoms with Gasteiger partial charge in [-0.25, -0.2) is 13.2 Å². The van der Waals surface area contributed by atoms with E-state index in [1.165, 1.54) is 12.1 Å². The molecule has 0 aromatic heterocycles. The standard InChI is InChI=1S/C18H16ClF3N2O/c19-16-2-1-3-17(22)15(16)9-24(14-4-5-14)10-18(25)23-13-7-11(20)6-12(21)8-13/h1-3,6-8,14H,4-5,9-10H2,(H,23,25). The number of nitrogens with zero attached hydrogens (tertiary/aromatic N) is 1. The van der Waals surface area contributed by atoms with Crippen molar-refractivity contribution < 1.29 is 18.0 Å². The summed E-state index contributed by atoms with van der Waals surface area (Å²) in [5, 5.41) is 2.77. The van der Waals surface area contributed by atoms with Crippen molar-refractivity contribution in [1.82, 2.24) is 4.90 Å². The Hall–Kier alpha value is -2.05. The van der Waals surface area contributed by atoms with Gasteiger partial charge in [0.25, 0.3) is 0 Å². The lowest BCUT2D eigenvalue weighted by Crippen LogP contribution is -2.34. The first-order valence-electron chi connectivity index (χ1n) is 7.85. The molecule has 0 unspecified atom stereocenters. The molecule has 3 nitrogen and oxygen atoms in total. The molecule has 1 amide bonds. The van der Waals surface area contributed by atoms with E-state index < -0.39 is 23.4 Å². The van der Waals surface area contributed by atoms with Gasteiger partial charge in [0.05, 0.1) is 6.54 Å². The fraction of sp³-hybridized carbons (Fsp3) is 0.278. The molecule has 7 heteroatoms. The van der Waals surface area contributed by atoms with Crippen LogP contribution < -0.4 is 5.32 Å². The highest BCUT2D eigenvalue weighted by Gasteiger charge is 2.31. The van der Waals surface area contributed by atoms with Gasteiger partial charge >= 0.3 is 0 Å². The maximum atomic E-state index is 14.0. The first kappa shape index (κ1) is 17.8. The molecule has 1 aliphatic carbocycles. The fourth-order valence-electron chi connectivity index (χ4n) is 2.65. The second kappa shape index (κ2) is 7.45. The first-order chi connectivity index (χ1) is 11.9. The number of rotatable bonds is 6. The predicted octanol–water partition coefficient (Wildman–Crippen LogP) is 4.36. The topological polar surface area (TPSA) is 32.3 Å². The van der Waals surface area contributed by atoms with Gasteiger partial charge < -0.3 is 5.32 Å². The van der Waals surface area contributed by atoms with Gasteiger partial charge in [0, 0.05) is 34.9 Å². The van der Waals surface area contributed by atoms with Gasteiger partial charge in [0.15, 0.2) is 0 Å². The summed E-state index contributed by atoms with van der Waals surface area (Å²) in [4.78, 5) is 14.0. The molecule has 0 bridgehead atoms. The third kappa shape index (κ3) is 4.74. The second-order valence-corrected chi connectivity index (χ2v) is 6.45. The zero-order valence-corrected chi connectivity index (χ0v) is 14.0. The van der Waals surface area contributed by atoms with Crippen molar-refractivity contribution in [2.24, 2.45) is 0 Å². The molecule has 0 aliphatic heterocycles. The van der Waals surface area contributed by atoms with E-state index in [1.54, 1.807) is 6.07 Å². The molecule has 1 saturated carbocycles. The summed E-state index contributed by atoms with van der Waals surface area (Å²) in [5.41, 5.74) is 0.378. The summed E-state index contributed by atoms with van der Waals surface area (Å²) < 4.78 is 40.4. The number of hydrogen-bond acceptors (Lipinski definition) is 2. The van der Waals surface area contributed by atoms with E-state index in [1.807, 2.05) is 4.90 Å². The van der Waals surface area contributed by atoms with Crippen LogP contribution in [0.4, 0.5) is 18.9 Å². The monoisotopic (exact) mass is 368 g/mol. The van der Waals surface area contributed by atoms with Gasteiger partial charge in [-0.15, -0.1) is 0 Å². The molecule has 0 atom stereocenters. The van der Waals surface area contributed by atoms with Crippen LogP contribution in [0.3, 0.4) is 0 Å². The minimum absolute atomic E-state index is 0.0204. The summed E-state index contributed by atoms with van der Waals surface area (Å²) in [6.45, 7) is 0.175. The average molecular weight is 369 g/mol. The molecule has 3 rings (SSSR count). The SMILES string of the molecule is O=C(CN(Cc1c(F)cccc1Cl)C1CC1)Nc1cc(F)cc(F)c1. The van der Waals surface area contributed by atoms with E-state index in [9.17, 15) is 18.0 Å². The van der Waals surface area contributed by atoms with Crippen LogP contribution in [0.15, 0.2) is 36.4 Å². The fourth-order valence-corrected chi connectivity index (χ4v) is 2.87. The van der Waals surface area contributed by atoms with E-state index in [4.69, 9.17) is 11.6 Å². The Morgan fingerprint density at radius 1 is 1.16 bits per heavy atom. The summed E-state index contributed by atoms with van der Waals surface area (Å²) in [5.74, 6) is -2.39. The molecule has 1 N–H and O–H groups in total. The minimum atomic E-state index is -0.771. The molecule has 0 heterocycles. The lowest BCUT2D eigenvalue weighted by Gasteiger charge is -2.22. The van der Waals surface area contributed by atoms with Crippen LogP contribution in [0.5, 0.6) is 0 Å². The highest BCUT2D eigenvalue weighted by Crippen LogP contribution is 2.30. The highest BCUT2D eigenvalue weighted by molar-refractivity contribution is 6.31. The predicted molar refractivity (Wildman–Crippen MR) is 89.8 cm³/mol. The lowest BCUT2D eigenvalue weighted by molar-refractivity contribution is -0.117. The normalized spacial score (nSPS) is 14.0. The molecule has 2 aromatic rings. The van der Waals surface area contributed by atoms with Crippen molar-refractivity contribution >= 4 is 23.2 Å². The van der Waals surface area contributed by atoms with Gasteiger partial charge in [-0.2, -0.15) is 0 Å². The second-order valence-electron chi connectivity index (χ2n) is 6.04. The van der Waals surface area contributed by atoms with Gasteiger partial charge in [-0.1, -0.05) is 17.7 Å². The van der Waals surface area contributed by atoms with Crippen molar-refractivity contribution in [2.45, 2.75) is 25.4 Å². The number of hydrogen-bond donors (Lipinski definition) is 1. The van der Waals surface area contributed by atoms with Crippen LogP contribution in [0, 0.1) is 17.5 Å². The Morgan fingerprint density at radius 2 is 1.84 bits per heavy atom. The average Bonchev–Trinajstić information content (AvgIpc) is 3.33. The third-order valence-corrected chi connectivity index (χ3v) is 4.33. The van der Waals surface area contributed by atoms with Gasteiger partial charge in [0.2, 0.25) is 5.91 Å². The van der Waals surface area contributed by atoms with Crippen LogP contribution in [0.1, 0.15) is 18.4 Å². The van der Waals surface area contributed by atoms with E-state index >= 15 is 0 Å². The summed E-state index contributed by atoms with van der Waals surface area (Å²) in [6, 6.07) is 7.42. The molecule has 0 spiro atoms. The van der Waals surface area contributed by atoms with Crippen molar-refractivity contribution in [3.8, 4) is 0 Å². The van der Waals surface area contributed by atoms with E-state index in [-0.39, 0.29) is 24.8 Å². The smallest absolute Gasteiger partial charge is 0.238 e. The molecule has 1 fully saturated rings. The first-order valence-corrected chi connectivity index (χ1v) is 8.23. The maximum Gasteiger partial charge on any atom is 0.238 e. The van der Waals surface area contributed by atoms with Gasteiger partial charge in [-0.05, 0) is 37.1 Å². The number of halogens is 4. The molecule has 1 aliphatic rings. The zero-order chi connectivity index (χ0) is 18.0. The number of carbonyl (C=O) groups excluding carboxylic acids is 1. The van der Waals surface area contributed by atoms with Crippen molar-refractivity contribution in [3.05, 3.63) is 64.4 Å². The van der Waals surface area contributed by atoms with Crippen LogP contribution >= 0.6 is 11.6 Å². The molecular weight excluding hydrogens is 353 g/mol. The van der Waals surface area contributed by atoms with E-state index in [0.717, 1.165) is 31.0 Å². The van der Waals surface area contributed by atoms with Crippen molar-refractivity contribution in [2.75, 3.05) is 11.9 Å². The molecule has 0 saturated heterocycles. The zero-order valence-electron chi connectivity index (χ0n) is 13.2. The lowest BCUT2D eigenvalue weighted by atomic mass is 10.2. The van der Waals surface area contributed by atoms with E-state index in [0.29, 0.717) is 10.6 Å². The highest BCUT2D eigenvalue weighted by atomic mass is 35.5. The quantitative estimate of drug-likeness (QED) is 0.821. The van der Waals surface area contributed by atoms with Gasteiger partial charge in [0.1, 0.15) is 17.5 Å². The Labute approximate surface area is 148 Å². The Bertz CT molecular complexity index is 755. The third-order valence-electron chi connectivity index (χ3n) is 3.98. The van der Waals surface area contributed by atoms with Crippen LogP contribution in [-0.4, -0.2) is 23.4 Å². The summed E-state index contributed by atoms with van der Waals surface area (Å²) in [6.07, 6.45) is 1.82. The minimum Gasteiger partial charge on any atom is -0.325 e. The molecular formula is C18H16ClF3N2O. The Balaban J connectivity index is 1.68.